The first-order valence-corrected chi connectivity index (χ1v) is 12.2. The molecule has 3 aromatic rings. The predicted molar refractivity (Wildman–Crippen MR) is 129 cm³/mol. The van der Waals surface area contributed by atoms with Crippen molar-refractivity contribution in [2.45, 2.75) is 39.5 Å². The molecule has 3 rings (SSSR count). The number of hydrogen-bond acceptors (Lipinski definition) is 7. The number of nitrogens with one attached hydrogen (secondary N) is 2. The average molecular weight is 475 g/mol. The third kappa shape index (κ3) is 9.42. The van der Waals surface area contributed by atoms with E-state index in [0.29, 0.717) is 12.1 Å². The van der Waals surface area contributed by atoms with Gasteiger partial charge in [-0.15, -0.1) is 0 Å². The number of anilines is 2. The number of nitrogens with zero attached hydrogens (tertiary/aromatic N) is 2. The maximum Gasteiger partial charge on any atom is 0.261 e. The van der Waals surface area contributed by atoms with Crippen LogP contribution in [0.15, 0.2) is 53.2 Å². The minimum absolute atomic E-state index is 0.127. The first-order valence-electron chi connectivity index (χ1n) is 10.3. The highest BCUT2D eigenvalue weighted by Gasteiger charge is 2.20. The molecule has 10 heteroatoms. The molecule has 0 spiro atoms. The zero-order valence-corrected chi connectivity index (χ0v) is 20.2. The summed E-state index contributed by atoms with van der Waals surface area (Å²) in [7, 11) is -3.67. The largest absolute Gasteiger partial charge is 0.370 e. The Bertz CT molecular complexity index is 1140. The molecule has 0 aliphatic carbocycles. The monoisotopic (exact) mass is 474 g/mol. The van der Waals surface area contributed by atoms with E-state index in [1.165, 1.54) is 0 Å². The minimum atomic E-state index is -3.67. The van der Waals surface area contributed by atoms with Gasteiger partial charge in [0.25, 0.3) is 10.1 Å². The number of hydrogen-bond donors (Lipinski definition) is 3. The summed E-state index contributed by atoms with van der Waals surface area (Å²) in [5.41, 5.74) is 2.88. The standard InChI is InChI=1S/C22H26N4O2.CH4O3S/c1-5-23-19-11-10-17(14-24-19)16-8-6-15(7-9-16)12-21(27)25-20-13-18(28-26-20)22(2,3)4;1-5(2,3)4/h6-11,13-14H,5,12H2,1-4H3,(H,23,24)(H,25,26,27);1H3,(H,2,3,4). The maximum atomic E-state index is 12.3. The van der Waals surface area contributed by atoms with Crippen LogP contribution in [-0.2, 0) is 26.7 Å². The van der Waals surface area contributed by atoms with Crippen LogP contribution in [0.2, 0.25) is 0 Å². The molecule has 9 nitrogen and oxygen atoms in total. The molecule has 0 atom stereocenters. The molecule has 0 bridgehead atoms. The first-order chi connectivity index (χ1) is 15.3. The second-order valence-corrected chi connectivity index (χ2v) is 9.91. The van der Waals surface area contributed by atoms with Gasteiger partial charge in [0.1, 0.15) is 11.6 Å². The van der Waals surface area contributed by atoms with Gasteiger partial charge in [-0.25, -0.2) is 4.98 Å². The Labute approximate surface area is 194 Å². The summed E-state index contributed by atoms with van der Waals surface area (Å²) in [6.45, 7) is 8.98. The van der Waals surface area contributed by atoms with Crippen molar-refractivity contribution in [3.8, 4) is 11.1 Å². The van der Waals surface area contributed by atoms with Crippen LogP contribution in [0.5, 0.6) is 0 Å². The van der Waals surface area contributed by atoms with Crippen molar-refractivity contribution in [1.82, 2.24) is 10.1 Å². The molecule has 1 aromatic carbocycles. The number of carbonyl (C=O) groups excluding carboxylic acids is 1. The Kier molecular flexibility index (Phi) is 8.72. The van der Waals surface area contributed by atoms with E-state index in [9.17, 15) is 13.2 Å². The molecule has 0 saturated heterocycles. The van der Waals surface area contributed by atoms with E-state index in [1.54, 1.807) is 6.07 Å². The molecule has 0 aliphatic rings. The number of amides is 1. The molecule has 0 fully saturated rings. The summed E-state index contributed by atoms with van der Waals surface area (Å²) in [6, 6.07) is 13.7. The molecule has 1 amide bonds. The van der Waals surface area contributed by atoms with Crippen molar-refractivity contribution in [2.75, 3.05) is 23.4 Å². The number of pyridine rings is 1. The van der Waals surface area contributed by atoms with E-state index in [-0.39, 0.29) is 17.7 Å². The third-order valence-electron chi connectivity index (χ3n) is 4.29. The molecule has 2 heterocycles. The van der Waals surface area contributed by atoms with E-state index < -0.39 is 10.1 Å². The van der Waals surface area contributed by atoms with Gasteiger partial charge < -0.3 is 15.2 Å². The van der Waals surface area contributed by atoms with Crippen LogP contribution in [0.25, 0.3) is 11.1 Å². The van der Waals surface area contributed by atoms with E-state index in [4.69, 9.17) is 9.08 Å². The van der Waals surface area contributed by atoms with Crippen molar-refractivity contribution in [2.24, 2.45) is 0 Å². The smallest absolute Gasteiger partial charge is 0.261 e. The van der Waals surface area contributed by atoms with Crippen LogP contribution in [0.1, 0.15) is 39.0 Å². The molecule has 0 unspecified atom stereocenters. The Morgan fingerprint density at radius 1 is 1.06 bits per heavy atom. The van der Waals surface area contributed by atoms with Crippen molar-refractivity contribution in [1.29, 1.82) is 0 Å². The Morgan fingerprint density at radius 3 is 2.15 bits per heavy atom. The quantitative estimate of drug-likeness (QED) is 0.454. The summed E-state index contributed by atoms with van der Waals surface area (Å²) >= 11 is 0. The average Bonchev–Trinajstić information content (AvgIpc) is 3.17. The molecule has 0 radical (unpaired) electrons. The van der Waals surface area contributed by atoms with Crippen LogP contribution >= 0.6 is 0 Å². The summed E-state index contributed by atoms with van der Waals surface area (Å²) in [4.78, 5) is 16.7. The highest BCUT2D eigenvalue weighted by atomic mass is 32.2. The van der Waals surface area contributed by atoms with Crippen LogP contribution < -0.4 is 10.6 Å². The van der Waals surface area contributed by atoms with E-state index in [1.807, 2.05) is 70.3 Å². The van der Waals surface area contributed by atoms with Gasteiger partial charge in [-0.2, -0.15) is 8.42 Å². The summed E-state index contributed by atoms with van der Waals surface area (Å²) in [6.07, 6.45) is 2.83. The minimum Gasteiger partial charge on any atom is -0.370 e. The second-order valence-electron chi connectivity index (χ2n) is 8.44. The Hall–Kier alpha value is -3.24. The molecule has 0 aliphatic heterocycles. The molecule has 2 aromatic heterocycles. The van der Waals surface area contributed by atoms with Crippen LogP contribution in [-0.4, -0.2) is 41.8 Å². The van der Waals surface area contributed by atoms with Gasteiger partial charge in [0, 0.05) is 29.8 Å². The fourth-order valence-electron chi connectivity index (χ4n) is 2.73. The lowest BCUT2D eigenvalue weighted by Crippen LogP contribution is -2.14. The first kappa shape index (κ1) is 26.0. The van der Waals surface area contributed by atoms with E-state index in [0.717, 1.165) is 34.8 Å². The molecule has 0 saturated carbocycles. The topological polar surface area (TPSA) is 134 Å². The highest BCUT2D eigenvalue weighted by Crippen LogP contribution is 2.24. The predicted octanol–water partition coefficient (Wildman–Crippen LogP) is 4.15. The Morgan fingerprint density at radius 2 is 1.67 bits per heavy atom. The van der Waals surface area contributed by atoms with Gasteiger partial charge in [-0.05, 0) is 30.2 Å². The van der Waals surface area contributed by atoms with Crippen LogP contribution in [0, 0.1) is 0 Å². The van der Waals surface area contributed by atoms with Gasteiger partial charge >= 0.3 is 0 Å². The fourth-order valence-corrected chi connectivity index (χ4v) is 2.73. The normalized spacial score (nSPS) is 11.3. The zero-order valence-electron chi connectivity index (χ0n) is 19.4. The SMILES string of the molecule is CCNc1ccc(-c2ccc(CC(=O)Nc3cc(C(C)(C)C)on3)cc2)cn1.CS(=O)(=O)O. The highest BCUT2D eigenvalue weighted by molar-refractivity contribution is 7.85. The molecular weight excluding hydrogens is 444 g/mol. The van der Waals surface area contributed by atoms with Gasteiger partial charge in [-0.3, -0.25) is 9.35 Å². The lowest BCUT2D eigenvalue weighted by Gasteiger charge is -2.12. The van der Waals surface area contributed by atoms with Gasteiger partial charge in [0.2, 0.25) is 5.91 Å². The summed E-state index contributed by atoms with van der Waals surface area (Å²) in [5, 5.41) is 9.88. The third-order valence-corrected chi connectivity index (χ3v) is 4.29. The van der Waals surface area contributed by atoms with Crippen molar-refractivity contribution >= 4 is 27.7 Å². The summed E-state index contributed by atoms with van der Waals surface area (Å²) in [5.74, 6) is 1.92. The van der Waals surface area contributed by atoms with E-state index >= 15 is 0 Å². The number of benzene rings is 1. The van der Waals surface area contributed by atoms with Gasteiger partial charge in [0.05, 0.1) is 12.7 Å². The molecule has 3 N–H and O–H groups in total. The molecule has 33 heavy (non-hydrogen) atoms. The lowest BCUT2D eigenvalue weighted by atomic mass is 9.93. The summed E-state index contributed by atoms with van der Waals surface area (Å²) < 4.78 is 31.2. The van der Waals surface area contributed by atoms with Crippen molar-refractivity contribution < 1.29 is 22.3 Å². The van der Waals surface area contributed by atoms with Gasteiger partial charge in [-0.1, -0.05) is 50.2 Å². The van der Waals surface area contributed by atoms with Crippen LogP contribution in [0.4, 0.5) is 11.6 Å². The number of rotatable bonds is 6. The van der Waals surface area contributed by atoms with Crippen molar-refractivity contribution in [3.63, 3.8) is 0 Å². The second kappa shape index (κ2) is 11.1. The van der Waals surface area contributed by atoms with E-state index in [2.05, 4.69) is 20.8 Å². The van der Waals surface area contributed by atoms with Crippen LogP contribution in [0.3, 0.4) is 0 Å². The Balaban J connectivity index is 0.000000696. The molecule has 178 valence electrons. The lowest BCUT2D eigenvalue weighted by molar-refractivity contribution is -0.115. The maximum absolute atomic E-state index is 12.3. The van der Waals surface area contributed by atoms with Crippen molar-refractivity contribution in [3.05, 3.63) is 60.0 Å². The number of aromatic nitrogens is 2. The zero-order chi connectivity index (χ0) is 24.6. The molecular formula is C23H30N4O5S. The fraction of sp³-hybridized carbons (Fsp3) is 0.348. The van der Waals surface area contributed by atoms with Gasteiger partial charge in [0.15, 0.2) is 5.82 Å². The number of carbonyl (C=O) groups is 1.